The highest BCUT2D eigenvalue weighted by Crippen LogP contribution is 2.07. The second kappa shape index (κ2) is 6.92. The first-order valence-electron chi connectivity index (χ1n) is 6.44. The maximum atomic E-state index is 9.78. The van der Waals surface area contributed by atoms with Crippen LogP contribution in [0.5, 0.6) is 0 Å². The van der Waals surface area contributed by atoms with Gasteiger partial charge in [0.05, 0.1) is 24.6 Å². The molecule has 0 spiro atoms. The van der Waals surface area contributed by atoms with Crippen LogP contribution in [-0.4, -0.2) is 36.0 Å². The van der Waals surface area contributed by atoms with Gasteiger partial charge in [0.2, 0.25) is 0 Å². The summed E-state index contributed by atoms with van der Waals surface area (Å²) < 4.78 is 10.8. The molecule has 18 heavy (non-hydrogen) atoms. The molecule has 0 aliphatic carbocycles. The first-order valence-corrected chi connectivity index (χ1v) is 6.44. The van der Waals surface area contributed by atoms with Gasteiger partial charge < -0.3 is 19.6 Å². The fourth-order valence-electron chi connectivity index (χ4n) is 1.55. The summed E-state index contributed by atoms with van der Waals surface area (Å²) in [6, 6.07) is 4.10. The Morgan fingerprint density at radius 3 is 2.72 bits per heavy atom. The number of ether oxygens (including phenoxy) is 1. The third-order valence-electron chi connectivity index (χ3n) is 2.50. The van der Waals surface area contributed by atoms with Crippen LogP contribution >= 0.6 is 0 Å². The van der Waals surface area contributed by atoms with Gasteiger partial charge >= 0.3 is 0 Å². The van der Waals surface area contributed by atoms with Crippen LogP contribution in [0.1, 0.15) is 33.5 Å². The van der Waals surface area contributed by atoms with Crippen LogP contribution in [0, 0.1) is 0 Å². The number of hydrogen-bond acceptors (Lipinski definition) is 4. The summed E-state index contributed by atoms with van der Waals surface area (Å²) in [5.74, 6) is 0.954. The SMILES string of the molecule is CC(Cc1ccco1)NCC(O)COC(C)(C)C. The predicted molar refractivity (Wildman–Crippen MR) is 71.6 cm³/mol. The highest BCUT2D eigenvalue weighted by molar-refractivity contribution is 4.99. The molecular formula is C14H25NO3. The second-order valence-corrected chi connectivity index (χ2v) is 5.67. The quantitative estimate of drug-likeness (QED) is 0.782. The van der Waals surface area contributed by atoms with E-state index in [1.165, 1.54) is 0 Å². The fourth-order valence-corrected chi connectivity index (χ4v) is 1.55. The van der Waals surface area contributed by atoms with Gasteiger partial charge in [-0.2, -0.15) is 0 Å². The van der Waals surface area contributed by atoms with Gasteiger partial charge in [0, 0.05) is 19.0 Å². The molecule has 2 unspecified atom stereocenters. The van der Waals surface area contributed by atoms with Gasteiger partial charge in [0.1, 0.15) is 5.76 Å². The van der Waals surface area contributed by atoms with Crippen LogP contribution in [0.3, 0.4) is 0 Å². The van der Waals surface area contributed by atoms with Crippen LogP contribution in [0.15, 0.2) is 22.8 Å². The van der Waals surface area contributed by atoms with Gasteiger partial charge in [-0.3, -0.25) is 0 Å². The van der Waals surface area contributed by atoms with Crippen molar-refractivity contribution in [3.63, 3.8) is 0 Å². The van der Waals surface area contributed by atoms with Crippen molar-refractivity contribution in [2.24, 2.45) is 0 Å². The number of aliphatic hydroxyl groups excluding tert-OH is 1. The van der Waals surface area contributed by atoms with Gasteiger partial charge in [-0.15, -0.1) is 0 Å². The summed E-state index contributed by atoms with van der Waals surface area (Å²) in [6.07, 6.45) is 2.01. The standard InChI is InChI=1S/C14H25NO3/c1-11(8-13-6-5-7-17-13)15-9-12(16)10-18-14(2,3)4/h5-7,11-12,15-16H,8-10H2,1-4H3. The van der Waals surface area contributed by atoms with Crippen molar-refractivity contribution in [2.75, 3.05) is 13.2 Å². The molecule has 0 radical (unpaired) electrons. The van der Waals surface area contributed by atoms with Crippen LogP contribution < -0.4 is 5.32 Å². The van der Waals surface area contributed by atoms with Crippen LogP contribution in [0.2, 0.25) is 0 Å². The average Bonchev–Trinajstić information content (AvgIpc) is 2.75. The molecule has 1 aromatic heterocycles. The summed E-state index contributed by atoms with van der Waals surface area (Å²) in [4.78, 5) is 0. The number of rotatable bonds is 7. The van der Waals surface area contributed by atoms with Crippen molar-refractivity contribution < 1.29 is 14.3 Å². The van der Waals surface area contributed by atoms with Gasteiger partial charge in [-0.05, 0) is 39.8 Å². The Morgan fingerprint density at radius 1 is 1.44 bits per heavy atom. The van der Waals surface area contributed by atoms with Gasteiger partial charge in [0.25, 0.3) is 0 Å². The van der Waals surface area contributed by atoms with Crippen molar-refractivity contribution in [3.05, 3.63) is 24.2 Å². The van der Waals surface area contributed by atoms with E-state index in [0.717, 1.165) is 12.2 Å². The molecule has 0 bridgehead atoms. The second-order valence-electron chi connectivity index (χ2n) is 5.67. The van der Waals surface area contributed by atoms with Crippen molar-refractivity contribution in [2.45, 2.75) is 51.9 Å². The average molecular weight is 255 g/mol. The molecule has 1 aromatic rings. The Kier molecular flexibility index (Phi) is 5.85. The summed E-state index contributed by atoms with van der Waals surface area (Å²) >= 11 is 0. The number of hydrogen-bond donors (Lipinski definition) is 2. The van der Waals surface area contributed by atoms with E-state index in [0.29, 0.717) is 13.2 Å². The molecule has 4 nitrogen and oxygen atoms in total. The van der Waals surface area contributed by atoms with Crippen molar-refractivity contribution >= 4 is 0 Å². The topological polar surface area (TPSA) is 54.6 Å². The van der Waals surface area contributed by atoms with E-state index in [9.17, 15) is 5.11 Å². The van der Waals surface area contributed by atoms with Crippen molar-refractivity contribution in [1.29, 1.82) is 0 Å². The minimum absolute atomic E-state index is 0.208. The van der Waals surface area contributed by atoms with E-state index >= 15 is 0 Å². The molecule has 2 N–H and O–H groups in total. The summed E-state index contributed by atoms with van der Waals surface area (Å²) in [5.41, 5.74) is -0.208. The monoisotopic (exact) mass is 255 g/mol. The fraction of sp³-hybridized carbons (Fsp3) is 0.714. The van der Waals surface area contributed by atoms with Gasteiger partial charge in [-0.25, -0.2) is 0 Å². The molecule has 0 saturated heterocycles. The van der Waals surface area contributed by atoms with E-state index in [-0.39, 0.29) is 11.6 Å². The van der Waals surface area contributed by atoms with Crippen molar-refractivity contribution in [1.82, 2.24) is 5.32 Å². The molecule has 0 aromatic carbocycles. The Labute approximate surface area is 109 Å². The third kappa shape index (κ3) is 6.79. The highest BCUT2D eigenvalue weighted by atomic mass is 16.5. The maximum Gasteiger partial charge on any atom is 0.105 e. The van der Waals surface area contributed by atoms with E-state index in [1.54, 1.807) is 6.26 Å². The molecule has 1 rings (SSSR count). The largest absolute Gasteiger partial charge is 0.469 e. The summed E-state index contributed by atoms with van der Waals surface area (Å²) in [7, 11) is 0. The van der Waals surface area contributed by atoms with E-state index in [2.05, 4.69) is 12.2 Å². The summed E-state index contributed by atoms with van der Waals surface area (Å²) in [5, 5.41) is 13.0. The molecule has 0 aliphatic rings. The lowest BCUT2D eigenvalue weighted by molar-refractivity contribution is -0.0482. The van der Waals surface area contributed by atoms with Crippen LogP contribution in [0.4, 0.5) is 0 Å². The van der Waals surface area contributed by atoms with Crippen LogP contribution in [-0.2, 0) is 11.2 Å². The number of aliphatic hydroxyl groups is 1. The highest BCUT2D eigenvalue weighted by Gasteiger charge is 2.14. The van der Waals surface area contributed by atoms with E-state index in [1.807, 2.05) is 32.9 Å². The Balaban J connectivity index is 2.15. The maximum absolute atomic E-state index is 9.78. The molecule has 0 aliphatic heterocycles. The molecule has 1 heterocycles. The third-order valence-corrected chi connectivity index (χ3v) is 2.50. The molecule has 0 saturated carbocycles. The first-order chi connectivity index (χ1) is 8.37. The number of nitrogens with one attached hydrogen (secondary N) is 1. The zero-order valence-electron chi connectivity index (χ0n) is 11.8. The minimum Gasteiger partial charge on any atom is -0.469 e. The van der Waals surface area contributed by atoms with E-state index in [4.69, 9.17) is 9.15 Å². The lowest BCUT2D eigenvalue weighted by atomic mass is 10.2. The van der Waals surface area contributed by atoms with Crippen molar-refractivity contribution in [3.8, 4) is 0 Å². The zero-order valence-corrected chi connectivity index (χ0v) is 11.8. The smallest absolute Gasteiger partial charge is 0.105 e. The molecule has 104 valence electrons. The van der Waals surface area contributed by atoms with E-state index < -0.39 is 6.10 Å². The van der Waals surface area contributed by atoms with Gasteiger partial charge in [-0.1, -0.05) is 0 Å². The Bertz CT molecular complexity index is 316. The lowest BCUT2D eigenvalue weighted by Gasteiger charge is -2.23. The normalized spacial score (nSPS) is 15.6. The first kappa shape index (κ1) is 15.2. The Morgan fingerprint density at radius 2 is 2.17 bits per heavy atom. The molecule has 0 amide bonds. The molecule has 4 heteroatoms. The molecule has 2 atom stereocenters. The number of furan rings is 1. The molecular weight excluding hydrogens is 230 g/mol. The summed E-state index contributed by atoms with van der Waals surface area (Å²) in [6.45, 7) is 8.88. The Hall–Kier alpha value is -0.840. The predicted octanol–water partition coefficient (Wildman–Crippen LogP) is 1.98. The minimum atomic E-state index is -0.483. The van der Waals surface area contributed by atoms with Crippen LogP contribution in [0.25, 0.3) is 0 Å². The van der Waals surface area contributed by atoms with Gasteiger partial charge in [0.15, 0.2) is 0 Å². The zero-order chi connectivity index (χ0) is 13.6. The molecule has 0 fully saturated rings. The lowest BCUT2D eigenvalue weighted by Crippen LogP contribution is -2.38.